The summed E-state index contributed by atoms with van der Waals surface area (Å²) in [5, 5.41) is 6.05. The number of carbonyl (C=O) groups is 1. The largest absolute Gasteiger partial charge is 0.396 e. The van der Waals surface area contributed by atoms with Crippen LogP contribution in [-0.4, -0.2) is 25.2 Å². The van der Waals surface area contributed by atoms with Crippen LogP contribution in [0.2, 0.25) is 0 Å². The number of rotatable bonds is 6. The van der Waals surface area contributed by atoms with E-state index in [1.807, 2.05) is 55.5 Å². The number of nitrogens with one attached hydrogen (secondary N) is 3. The number of amides is 1. The molecule has 178 valence electrons. The van der Waals surface area contributed by atoms with Gasteiger partial charge >= 0.3 is 4.87 Å². The lowest BCUT2D eigenvalue weighted by atomic mass is 10.1. The zero-order chi connectivity index (χ0) is 25.1. The van der Waals surface area contributed by atoms with E-state index in [9.17, 15) is 9.59 Å². The number of nitrogens with zero attached hydrogens (tertiary/aromatic N) is 3. The minimum absolute atomic E-state index is 0.228. The molecule has 1 amide bonds. The Hall–Kier alpha value is -4.83. The van der Waals surface area contributed by atoms with Crippen LogP contribution < -0.4 is 21.2 Å². The van der Waals surface area contributed by atoms with Gasteiger partial charge in [0.15, 0.2) is 11.6 Å². The van der Waals surface area contributed by atoms with Crippen LogP contribution in [0.25, 0.3) is 22.6 Å². The quantitative estimate of drug-likeness (QED) is 0.264. The van der Waals surface area contributed by atoms with Gasteiger partial charge in [0.2, 0.25) is 0 Å². The molecule has 10 heteroatoms. The molecule has 0 saturated heterocycles. The van der Waals surface area contributed by atoms with Crippen molar-refractivity contribution in [3.8, 4) is 22.6 Å². The average molecular weight is 496 g/mol. The van der Waals surface area contributed by atoms with Gasteiger partial charge in [-0.15, -0.1) is 0 Å². The van der Waals surface area contributed by atoms with Crippen molar-refractivity contribution in [2.24, 2.45) is 0 Å². The number of hydrogen-bond donors (Lipinski definition) is 4. The van der Waals surface area contributed by atoms with Gasteiger partial charge in [0.25, 0.3) is 5.91 Å². The number of aryl methyl sites for hydroxylation is 1. The Labute approximate surface area is 210 Å². The van der Waals surface area contributed by atoms with Gasteiger partial charge in [-0.25, -0.2) is 9.97 Å². The van der Waals surface area contributed by atoms with E-state index in [1.165, 1.54) is 0 Å². The molecule has 2 aromatic carbocycles. The SMILES string of the molecule is Cc1nc(NC(=O)c2ccc(-c3nsc(=O)[nH]3)cc2)ccc1Nc1nc(-c2ccccc2)ccc1N. The molecule has 3 heterocycles. The lowest BCUT2D eigenvalue weighted by Crippen LogP contribution is -2.13. The molecule has 5 rings (SSSR count). The lowest BCUT2D eigenvalue weighted by Gasteiger charge is -2.13. The van der Waals surface area contributed by atoms with Crippen LogP contribution in [0.1, 0.15) is 16.1 Å². The molecule has 0 radical (unpaired) electrons. The van der Waals surface area contributed by atoms with E-state index in [-0.39, 0.29) is 10.8 Å². The van der Waals surface area contributed by atoms with E-state index < -0.39 is 0 Å². The van der Waals surface area contributed by atoms with Gasteiger partial charge in [-0.2, -0.15) is 4.37 Å². The topological polar surface area (TPSA) is 139 Å². The van der Waals surface area contributed by atoms with Crippen molar-refractivity contribution in [1.29, 1.82) is 0 Å². The molecule has 0 aliphatic carbocycles. The highest BCUT2D eigenvalue weighted by Crippen LogP contribution is 2.27. The van der Waals surface area contributed by atoms with Crippen LogP contribution in [0.4, 0.5) is 23.0 Å². The minimum atomic E-state index is -0.303. The molecule has 0 saturated carbocycles. The molecule has 0 aliphatic heterocycles. The van der Waals surface area contributed by atoms with Crippen molar-refractivity contribution in [3.05, 3.63) is 99.8 Å². The first kappa shape index (κ1) is 22.9. The van der Waals surface area contributed by atoms with Crippen molar-refractivity contribution in [2.75, 3.05) is 16.4 Å². The van der Waals surface area contributed by atoms with Gasteiger partial charge in [-0.1, -0.05) is 42.5 Å². The maximum atomic E-state index is 12.7. The van der Waals surface area contributed by atoms with Crippen LogP contribution in [0.15, 0.2) is 83.7 Å². The van der Waals surface area contributed by atoms with Gasteiger partial charge < -0.3 is 16.4 Å². The number of pyridine rings is 2. The van der Waals surface area contributed by atoms with Crippen LogP contribution in [0.3, 0.4) is 0 Å². The second-order valence-corrected chi connectivity index (χ2v) is 8.67. The second kappa shape index (κ2) is 9.80. The van der Waals surface area contributed by atoms with Crippen molar-refractivity contribution in [1.82, 2.24) is 19.3 Å². The van der Waals surface area contributed by atoms with E-state index in [0.29, 0.717) is 34.4 Å². The summed E-state index contributed by atoms with van der Waals surface area (Å²) >= 11 is 0.850. The fourth-order valence-electron chi connectivity index (χ4n) is 3.55. The highest BCUT2D eigenvalue weighted by atomic mass is 32.1. The summed E-state index contributed by atoms with van der Waals surface area (Å²) in [6.45, 7) is 1.83. The smallest absolute Gasteiger partial charge is 0.323 e. The summed E-state index contributed by atoms with van der Waals surface area (Å²) in [7, 11) is 0. The first-order chi connectivity index (χ1) is 17.5. The molecule has 36 heavy (non-hydrogen) atoms. The maximum Gasteiger partial charge on any atom is 0.323 e. The number of benzene rings is 2. The number of hydrogen-bond acceptors (Lipinski definition) is 8. The van der Waals surface area contributed by atoms with Crippen LogP contribution in [0, 0.1) is 6.92 Å². The Balaban J connectivity index is 1.29. The maximum absolute atomic E-state index is 12.7. The molecule has 9 nitrogen and oxygen atoms in total. The molecule has 0 aliphatic rings. The van der Waals surface area contributed by atoms with Crippen LogP contribution in [-0.2, 0) is 0 Å². The Morgan fingerprint density at radius 2 is 1.69 bits per heavy atom. The van der Waals surface area contributed by atoms with E-state index in [2.05, 4.69) is 30.0 Å². The number of carbonyl (C=O) groups excluding carboxylic acids is 1. The van der Waals surface area contributed by atoms with Crippen molar-refractivity contribution < 1.29 is 4.79 Å². The summed E-state index contributed by atoms with van der Waals surface area (Å²) in [5.41, 5.74) is 11.0. The standard InChI is InChI=1S/C26H21N7O2S/c1-15-20(29-24-19(27)11-12-21(30-24)16-5-3-2-4-6-16)13-14-22(28-15)31-25(34)18-9-7-17(8-10-18)23-32-26(35)36-33-23/h2-14H,27H2,1H3,(H,29,30)(H,28,31,34)(H,32,33,35). The predicted molar refractivity (Wildman–Crippen MR) is 142 cm³/mol. The summed E-state index contributed by atoms with van der Waals surface area (Å²) in [6.07, 6.45) is 0. The van der Waals surface area contributed by atoms with E-state index in [0.717, 1.165) is 34.0 Å². The Morgan fingerprint density at radius 1 is 0.917 bits per heavy atom. The molecule has 0 spiro atoms. The van der Waals surface area contributed by atoms with Gasteiger partial charge in [-0.3, -0.25) is 14.6 Å². The van der Waals surface area contributed by atoms with E-state index in [4.69, 9.17) is 5.73 Å². The van der Waals surface area contributed by atoms with Crippen molar-refractivity contribution >= 4 is 40.5 Å². The Kier molecular flexibility index (Phi) is 6.25. The van der Waals surface area contributed by atoms with Crippen molar-refractivity contribution in [2.45, 2.75) is 6.92 Å². The summed E-state index contributed by atoms with van der Waals surface area (Å²) in [5.74, 6) is 1.11. The molecule has 5 N–H and O–H groups in total. The fourth-order valence-corrected chi connectivity index (χ4v) is 4.02. The Bertz CT molecular complexity index is 1600. The summed E-state index contributed by atoms with van der Waals surface area (Å²) in [6, 6.07) is 23.8. The minimum Gasteiger partial charge on any atom is -0.396 e. The third-order valence-electron chi connectivity index (χ3n) is 5.44. The van der Waals surface area contributed by atoms with Crippen LogP contribution in [0.5, 0.6) is 0 Å². The van der Waals surface area contributed by atoms with E-state index in [1.54, 1.807) is 30.3 Å². The molecule has 0 unspecified atom stereocenters. The fraction of sp³-hybridized carbons (Fsp3) is 0.0385. The number of H-pyrrole nitrogens is 1. The highest BCUT2D eigenvalue weighted by Gasteiger charge is 2.12. The summed E-state index contributed by atoms with van der Waals surface area (Å²) in [4.78, 5) is 35.6. The lowest BCUT2D eigenvalue weighted by molar-refractivity contribution is 0.102. The summed E-state index contributed by atoms with van der Waals surface area (Å²) < 4.78 is 4.05. The third-order valence-corrected chi connectivity index (χ3v) is 5.98. The average Bonchev–Trinajstić information content (AvgIpc) is 3.33. The zero-order valence-electron chi connectivity index (χ0n) is 19.1. The molecule has 0 bridgehead atoms. The number of nitrogen functional groups attached to an aromatic ring is 1. The second-order valence-electron chi connectivity index (χ2n) is 7.93. The number of aromatic amines is 1. The van der Waals surface area contributed by atoms with Crippen LogP contribution >= 0.6 is 11.5 Å². The molecular formula is C26H21N7O2S. The van der Waals surface area contributed by atoms with Gasteiger partial charge in [-0.05, 0) is 43.3 Å². The van der Waals surface area contributed by atoms with E-state index >= 15 is 0 Å². The number of nitrogens with two attached hydrogens (primary N) is 1. The van der Waals surface area contributed by atoms with Gasteiger partial charge in [0.1, 0.15) is 5.82 Å². The molecular weight excluding hydrogens is 474 g/mol. The Morgan fingerprint density at radius 3 is 2.39 bits per heavy atom. The first-order valence-electron chi connectivity index (χ1n) is 11.0. The first-order valence-corrected chi connectivity index (χ1v) is 11.8. The molecule has 0 atom stereocenters. The molecule has 5 aromatic rings. The number of anilines is 4. The number of aromatic nitrogens is 4. The normalized spacial score (nSPS) is 10.7. The van der Waals surface area contributed by atoms with Gasteiger partial charge in [0.05, 0.1) is 22.8 Å². The van der Waals surface area contributed by atoms with Crippen molar-refractivity contribution in [3.63, 3.8) is 0 Å². The zero-order valence-corrected chi connectivity index (χ0v) is 20.0. The predicted octanol–water partition coefficient (Wildman–Crippen LogP) is 4.84. The highest BCUT2D eigenvalue weighted by molar-refractivity contribution is 7.03. The molecule has 0 fully saturated rings. The molecule has 3 aromatic heterocycles. The third kappa shape index (κ3) is 4.98. The van der Waals surface area contributed by atoms with Gasteiger partial charge in [0, 0.05) is 28.2 Å². The monoisotopic (exact) mass is 495 g/mol.